The molecule has 3 rings (SSSR count). The van der Waals surface area contributed by atoms with E-state index in [0.29, 0.717) is 11.7 Å². The first-order chi connectivity index (χ1) is 11.5. The van der Waals surface area contributed by atoms with Gasteiger partial charge in [0, 0.05) is 10.0 Å². The predicted molar refractivity (Wildman–Crippen MR) is 97.2 cm³/mol. The molecule has 0 saturated carbocycles. The third-order valence-electron chi connectivity index (χ3n) is 4.08. The summed E-state index contributed by atoms with van der Waals surface area (Å²) < 4.78 is 12.3. The van der Waals surface area contributed by atoms with E-state index in [1.54, 1.807) is 0 Å². The molecule has 24 heavy (non-hydrogen) atoms. The van der Waals surface area contributed by atoms with Crippen LogP contribution in [0.1, 0.15) is 28.1 Å². The summed E-state index contributed by atoms with van der Waals surface area (Å²) in [5.41, 5.74) is 5.55. The van der Waals surface area contributed by atoms with E-state index in [1.807, 2.05) is 51.1 Å². The lowest BCUT2D eigenvalue weighted by Crippen LogP contribution is -2.00. The zero-order valence-electron chi connectivity index (χ0n) is 14.2. The van der Waals surface area contributed by atoms with Gasteiger partial charge in [0.05, 0.1) is 0 Å². The van der Waals surface area contributed by atoms with Crippen LogP contribution in [0.3, 0.4) is 0 Å². The number of nitrogens with zero attached hydrogens (tertiary/aromatic N) is 2. The van der Waals surface area contributed by atoms with Gasteiger partial charge in [0.15, 0.2) is 6.61 Å². The average molecular weight is 387 g/mol. The lowest BCUT2D eigenvalue weighted by atomic mass is 10.1. The maximum atomic E-state index is 5.89. The number of hydrogen-bond donors (Lipinski definition) is 0. The van der Waals surface area contributed by atoms with Gasteiger partial charge >= 0.3 is 0 Å². The van der Waals surface area contributed by atoms with Gasteiger partial charge < -0.3 is 9.26 Å². The minimum Gasteiger partial charge on any atom is -0.483 e. The third kappa shape index (κ3) is 3.36. The van der Waals surface area contributed by atoms with Crippen molar-refractivity contribution in [1.29, 1.82) is 0 Å². The Kier molecular flexibility index (Phi) is 4.71. The van der Waals surface area contributed by atoms with Gasteiger partial charge in [-0.3, -0.25) is 0 Å². The van der Waals surface area contributed by atoms with E-state index in [0.717, 1.165) is 26.9 Å². The van der Waals surface area contributed by atoms with Gasteiger partial charge in [0.25, 0.3) is 5.89 Å². The molecule has 0 amide bonds. The van der Waals surface area contributed by atoms with E-state index in [4.69, 9.17) is 9.26 Å². The fourth-order valence-corrected chi connectivity index (χ4v) is 2.85. The zero-order valence-corrected chi connectivity index (χ0v) is 15.8. The molecule has 0 unspecified atom stereocenters. The quantitative estimate of drug-likeness (QED) is 0.609. The molecule has 0 bridgehead atoms. The highest BCUT2D eigenvalue weighted by molar-refractivity contribution is 9.10. The zero-order chi connectivity index (χ0) is 17.3. The molecule has 2 aromatic carbocycles. The predicted octanol–water partition coefficient (Wildman–Crippen LogP) is 5.31. The van der Waals surface area contributed by atoms with Crippen LogP contribution >= 0.6 is 15.9 Å². The molecule has 5 heteroatoms. The van der Waals surface area contributed by atoms with Gasteiger partial charge in [-0.15, -0.1) is 0 Å². The fourth-order valence-electron chi connectivity index (χ4n) is 2.44. The molecule has 4 nitrogen and oxygen atoms in total. The van der Waals surface area contributed by atoms with Crippen LogP contribution in [-0.2, 0) is 6.61 Å². The summed E-state index contributed by atoms with van der Waals surface area (Å²) in [6, 6.07) is 10.0. The van der Waals surface area contributed by atoms with Crippen LogP contribution in [0.2, 0.25) is 0 Å². The van der Waals surface area contributed by atoms with Gasteiger partial charge in [-0.25, -0.2) is 0 Å². The Morgan fingerprint density at radius 2 is 1.75 bits per heavy atom. The van der Waals surface area contributed by atoms with Crippen molar-refractivity contribution < 1.29 is 9.26 Å². The Labute approximate surface area is 150 Å². The average Bonchev–Trinajstić information content (AvgIpc) is 3.04. The van der Waals surface area contributed by atoms with Crippen molar-refractivity contribution in [3.63, 3.8) is 0 Å². The molecule has 0 fully saturated rings. The van der Waals surface area contributed by atoms with Gasteiger partial charge in [-0.2, -0.15) is 4.98 Å². The molecule has 0 radical (unpaired) electrons. The maximum Gasteiger partial charge on any atom is 0.264 e. The van der Waals surface area contributed by atoms with Crippen molar-refractivity contribution in [3.8, 4) is 17.1 Å². The van der Waals surface area contributed by atoms with Crippen molar-refractivity contribution in [3.05, 3.63) is 62.9 Å². The lowest BCUT2D eigenvalue weighted by molar-refractivity contribution is 0.241. The molecule has 0 saturated heterocycles. The van der Waals surface area contributed by atoms with Crippen LogP contribution in [0.4, 0.5) is 0 Å². The van der Waals surface area contributed by atoms with E-state index in [1.165, 1.54) is 11.1 Å². The molecular weight excluding hydrogens is 368 g/mol. The minimum absolute atomic E-state index is 0.250. The van der Waals surface area contributed by atoms with E-state index in [9.17, 15) is 0 Å². The van der Waals surface area contributed by atoms with Crippen molar-refractivity contribution in [2.24, 2.45) is 0 Å². The summed E-state index contributed by atoms with van der Waals surface area (Å²) in [6.45, 7) is 8.46. The summed E-state index contributed by atoms with van der Waals surface area (Å²) in [5, 5.41) is 4.03. The van der Waals surface area contributed by atoms with E-state index in [2.05, 4.69) is 33.0 Å². The van der Waals surface area contributed by atoms with E-state index < -0.39 is 0 Å². The second-order valence-electron chi connectivity index (χ2n) is 5.92. The van der Waals surface area contributed by atoms with E-state index >= 15 is 0 Å². The molecule has 1 aromatic heterocycles. The number of halogens is 1. The van der Waals surface area contributed by atoms with Crippen molar-refractivity contribution in [2.45, 2.75) is 34.3 Å². The molecule has 0 atom stereocenters. The molecule has 0 spiro atoms. The van der Waals surface area contributed by atoms with Crippen LogP contribution in [0.15, 0.2) is 39.3 Å². The highest BCUT2D eigenvalue weighted by Crippen LogP contribution is 2.31. The molecule has 0 aliphatic rings. The minimum atomic E-state index is 0.250. The molecule has 124 valence electrons. The van der Waals surface area contributed by atoms with Gasteiger partial charge in [0.2, 0.25) is 5.82 Å². The number of hydrogen-bond acceptors (Lipinski definition) is 4. The summed E-state index contributed by atoms with van der Waals surface area (Å²) in [7, 11) is 0. The van der Waals surface area contributed by atoms with E-state index in [-0.39, 0.29) is 6.61 Å². The monoisotopic (exact) mass is 386 g/mol. The standard InChI is InChI=1S/C19H19BrN2O2/c1-11-5-7-15(8-6-11)19-21-17(24-22-19)10-23-16-9-12(2)18(20)14(4)13(16)3/h5-9H,10H2,1-4H3. The van der Waals surface area contributed by atoms with Crippen molar-refractivity contribution >= 4 is 15.9 Å². The number of aromatic nitrogens is 2. The van der Waals surface area contributed by atoms with Crippen molar-refractivity contribution in [1.82, 2.24) is 10.1 Å². The first-order valence-corrected chi connectivity index (χ1v) is 8.53. The summed E-state index contributed by atoms with van der Waals surface area (Å²) in [5.74, 6) is 1.87. The summed E-state index contributed by atoms with van der Waals surface area (Å²) >= 11 is 3.60. The smallest absolute Gasteiger partial charge is 0.264 e. The Morgan fingerprint density at radius 3 is 2.46 bits per heavy atom. The number of rotatable bonds is 4. The lowest BCUT2D eigenvalue weighted by Gasteiger charge is -2.13. The van der Waals surface area contributed by atoms with Gasteiger partial charge in [-0.05, 0) is 50.5 Å². The first-order valence-electron chi connectivity index (χ1n) is 7.74. The number of aryl methyl sites for hydroxylation is 2. The van der Waals surface area contributed by atoms with Crippen LogP contribution in [0.5, 0.6) is 5.75 Å². The largest absolute Gasteiger partial charge is 0.483 e. The molecule has 0 aliphatic heterocycles. The fraction of sp³-hybridized carbons (Fsp3) is 0.263. The number of ether oxygens (including phenoxy) is 1. The Morgan fingerprint density at radius 1 is 1.04 bits per heavy atom. The molecular formula is C19H19BrN2O2. The van der Waals surface area contributed by atoms with Gasteiger partial charge in [0.1, 0.15) is 5.75 Å². The molecule has 0 N–H and O–H groups in total. The number of benzene rings is 2. The Balaban J connectivity index is 1.75. The Hall–Kier alpha value is -2.14. The normalized spacial score (nSPS) is 10.9. The van der Waals surface area contributed by atoms with Crippen LogP contribution in [0.25, 0.3) is 11.4 Å². The first kappa shape index (κ1) is 16.7. The topological polar surface area (TPSA) is 48.2 Å². The third-order valence-corrected chi connectivity index (χ3v) is 5.30. The summed E-state index contributed by atoms with van der Waals surface area (Å²) in [6.07, 6.45) is 0. The highest BCUT2D eigenvalue weighted by atomic mass is 79.9. The molecule has 1 heterocycles. The molecule has 0 aliphatic carbocycles. The second kappa shape index (κ2) is 6.77. The van der Waals surface area contributed by atoms with Crippen LogP contribution in [0, 0.1) is 27.7 Å². The van der Waals surface area contributed by atoms with Crippen LogP contribution in [-0.4, -0.2) is 10.1 Å². The Bertz CT molecular complexity index is 870. The summed E-state index contributed by atoms with van der Waals surface area (Å²) in [4.78, 5) is 4.41. The molecule has 3 aromatic rings. The van der Waals surface area contributed by atoms with Crippen LogP contribution < -0.4 is 4.74 Å². The maximum absolute atomic E-state index is 5.89. The van der Waals surface area contributed by atoms with Gasteiger partial charge in [-0.1, -0.05) is 50.9 Å². The highest BCUT2D eigenvalue weighted by Gasteiger charge is 2.12. The second-order valence-corrected chi connectivity index (χ2v) is 6.72. The SMILES string of the molecule is Cc1ccc(-c2noc(COc3cc(C)c(Br)c(C)c3C)n2)cc1. The van der Waals surface area contributed by atoms with Crippen molar-refractivity contribution in [2.75, 3.05) is 0 Å².